The Labute approximate surface area is 146 Å². The molecule has 130 valence electrons. The van der Waals surface area contributed by atoms with Crippen molar-refractivity contribution in [3.63, 3.8) is 0 Å². The molecule has 2 amide bonds. The molecular formula is C18H21N5O2. The highest BCUT2D eigenvalue weighted by molar-refractivity contribution is 5.99. The van der Waals surface area contributed by atoms with Crippen molar-refractivity contribution < 1.29 is 9.59 Å². The zero-order valence-corrected chi connectivity index (χ0v) is 13.9. The van der Waals surface area contributed by atoms with Crippen molar-refractivity contribution in [2.75, 3.05) is 11.9 Å². The Kier molecular flexibility index (Phi) is 5.23. The van der Waals surface area contributed by atoms with Crippen LogP contribution in [-0.4, -0.2) is 33.1 Å². The van der Waals surface area contributed by atoms with Gasteiger partial charge in [-0.05, 0) is 30.5 Å². The predicted octanol–water partition coefficient (Wildman–Crippen LogP) is 1.64. The first-order chi connectivity index (χ1) is 12.2. The van der Waals surface area contributed by atoms with Crippen molar-refractivity contribution in [2.24, 2.45) is 0 Å². The lowest BCUT2D eigenvalue weighted by Gasteiger charge is -2.10. The number of aromatic nitrogens is 3. The van der Waals surface area contributed by atoms with Gasteiger partial charge in [0, 0.05) is 24.7 Å². The highest BCUT2D eigenvalue weighted by Crippen LogP contribution is 2.35. The number of carbonyl (C=O) groups excluding carboxylic acids is 2. The van der Waals surface area contributed by atoms with Crippen LogP contribution in [0.3, 0.4) is 0 Å². The first kappa shape index (κ1) is 16.9. The summed E-state index contributed by atoms with van der Waals surface area (Å²) in [6, 6.07) is 7.76. The van der Waals surface area contributed by atoms with Gasteiger partial charge < -0.3 is 15.2 Å². The number of hydrogen-bond donors (Lipinski definition) is 2. The molecule has 1 aromatic carbocycles. The van der Waals surface area contributed by atoms with E-state index < -0.39 is 0 Å². The molecule has 1 aliphatic rings. The van der Waals surface area contributed by atoms with E-state index in [1.807, 2.05) is 18.2 Å². The second kappa shape index (κ2) is 7.74. The van der Waals surface area contributed by atoms with Gasteiger partial charge in [0.25, 0.3) is 0 Å². The molecule has 0 atom stereocenters. The maximum atomic E-state index is 12.2. The molecule has 0 bridgehead atoms. The predicted molar refractivity (Wildman–Crippen MR) is 94.0 cm³/mol. The molecule has 0 saturated heterocycles. The average Bonchev–Trinajstić information content (AvgIpc) is 3.35. The molecule has 0 spiro atoms. The molecule has 1 aliphatic carbocycles. The minimum Gasteiger partial charge on any atom is -0.355 e. The maximum Gasteiger partial charge on any atom is 0.247 e. The third-order valence-corrected chi connectivity index (χ3v) is 4.07. The summed E-state index contributed by atoms with van der Waals surface area (Å²) < 4.78 is 2.09. The standard InChI is InChI=1S/C18H21N5O2/c1-2-17(24)21-15-6-4-3-5-13(15)11-18(25)19-10-9-16-22-20-12-23(16)14-7-8-14/h2-6,12,14H,1,7-11H2,(H,19,25)(H,21,24). The van der Waals surface area contributed by atoms with Crippen molar-refractivity contribution in [3.05, 3.63) is 54.6 Å². The third kappa shape index (κ3) is 4.53. The molecule has 2 aromatic rings. The highest BCUT2D eigenvalue weighted by atomic mass is 16.2. The maximum absolute atomic E-state index is 12.2. The van der Waals surface area contributed by atoms with Crippen LogP contribution < -0.4 is 10.6 Å². The summed E-state index contributed by atoms with van der Waals surface area (Å²) >= 11 is 0. The highest BCUT2D eigenvalue weighted by Gasteiger charge is 2.25. The Morgan fingerprint density at radius 1 is 1.32 bits per heavy atom. The Bertz CT molecular complexity index is 779. The van der Waals surface area contributed by atoms with Crippen molar-refractivity contribution in [2.45, 2.75) is 31.7 Å². The second-order valence-corrected chi connectivity index (χ2v) is 6.01. The summed E-state index contributed by atoms with van der Waals surface area (Å²) in [5, 5.41) is 13.7. The number of para-hydroxylation sites is 1. The number of nitrogens with one attached hydrogen (secondary N) is 2. The van der Waals surface area contributed by atoms with E-state index in [2.05, 4.69) is 32.0 Å². The summed E-state index contributed by atoms with van der Waals surface area (Å²) in [5.74, 6) is 0.506. The van der Waals surface area contributed by atoms with Gasteiger partial charge in [0.15, 0.2) is 0 Å². The van der Waals surface area contributed by atoms with E-state index in [0.29, 0.717) is 24.7 Å². The number of benzene rings is 1. The molecule has 7 nitrogen and oxygen atoms in total. The summed E-state index contributed by atoms with van der Waals surface area (Å²) in [6.45, 7) is 3.94. The third-order valence-electron chi connectivity index (χ3n) is 4.07. The van der Waals surface area contributed by atoms with Gasteiger partial charge in [-0.2, -0.15) is 0 Å². The van der Waals surface area contributed by atoms with Crippen molar-refractivity contribution in [1.29, 1.82) is 0 Å². The van der Waals surface area contributed by atoms with Gasteiger partial charge in [-0.1, -0.05) is 24.8 Å². The molecule has 1 fully saturated rings. The van der Waals surface area contributed by atoms with Crippen LogP contribution in [0.5, 0.6) is 0 Å². The molecule has 1 saturated carbocycles. The van der Waals surface area contributed by atoms with E-state index in [1.54, 1.807) is 12.4 Å². The molecule has 2 N–H and O–H groups in total. The van der Waals surface area contributed by atoms with Gasteiger partial charge in [-0.3, -0.25) is 9.59 Å². The van der Waals surface area contributed by atoms with E-state index in [9.17, 15) is 9.59 Å². The first-order valence-corrected chi connectivity index (χ1v) is 8.34. The summed E-state index contributed by atoms with van der Waals surface area (Å²) in [5.41, 5.74) is 1.38. The fourth-order valence-corrected chi connectivity index (χ4v) is 2.63. The first-order valence-electron chi connectivity index (χ1n) is 8.34. The normalized spacial score (nSPS) is 13.3. The van der Waals surface area contributed by atoms with Crippen molar-refractivity contribution in [3.8, 4) is 0 Å². The van der Waals surface area contributed by atoms with E-state index in [1.165, 1.54) is 18.9 Å². The van der Waals surface area contributed by atoms with E-state index in [4.69, 9.17) is 0 Å². The van der Waals surface area contributed by atoms with Gasteiger partial charge >= 0.3 is 0 Å². The summed E-state index contributed by atoms with van der Waals surface area (Å²) in [6.07, 6.45) is 6.15. The van der Waals surface area contributed by atoms with Crippen LogP contribution in [0.4, 0.5) is 5.69 Å². The molecule has 0 radical (unpaired) electrons. The van der Waals surface area contributed by atoms with E-state index >= 15 is 0 Å². The molecular weight excluding hydrogens is 318 g/mol. The number of amides is 2. The lowest BCUT2D eigenvalue weighted by molar-refractivity contribution is -0.120. The number of carbonyl (C=O) groups is 2. The smallest absolute Gasteiger partial charge is 0.247 e. The monoisotopic (exact) mass is 339 g/mol. The fraction of sp³-hybridized carbons (Fsp3) is 0.333. The Morgan fingerprint density at radius 3 is 2.88 bits per heavy atom. The number of hydrogen-bond acceptors (Lipinski definition) is 4. The fourth-order valence-electron chi connectivity index (χ4n) is 2.63. The zero-order valence-electron chi connectivity index (χ0n) is 13.9. The van der Waals surface area contributed by atoms with E-state index in [0.717, 1.165) is 11.4 Å². The summed E-state index contributed by atoms with van der Waals surface area (Å²) in [4.78, 5) is 23.7. The SMILES string of the molecule is C=CC(=O)Nc1ccccc1CC(=O)NCCc1nncn1C1CC1. The topological polar surface area (TPSA) is 88.9 Å². The Balaban J connectivity index is 1.51. The van der Waals surface area contributed by atoms with Crippen LogP contribution in [0, 0.1) is 0 Å². The molecule has 3 rings (SSSR count). The van der Waals surface area contributed by atoms with Crippen LogP contribution in [0.2, 0.25) is 0 Å². The molecule has 7 heteroatoms. The Hall–Kier alpha value is -2.96. The van der Waals surface area contributed by atoms with Gasteiger partial charge in [0.2, 0.25) is 11.8 Å². The second-order valence-electron chi connectivity index (χ2n) is 6.01. The lowest BCUT2D eigenvalue weighted by Crippen LogP contribution is -2.28. The van der Waals surface area contributed by atoms with Gasteiger partial charge in [-0.15, -0.1) is 10.2 Å². The lowest BCUT2D eigenvalue weighted by atomic mass is 10.1. The minimum absolute atomic E-state index is 0.0993. The number of rotatable bonds is 8. The summed E-state index contributed by atoms with van der Waals surface area (Å²) in [7, 11) is 0. The van der Waals surface area contributed by atoms with Crippen molar-refractivity contribution in [1.82, 2.24) is 20.1 Å². The van der Waals surface area contributed by atoms with Crippen LogP contribution in [0.15, 0.2) is 43.2 Å². The molecule has 25 heavy (non-hydrogen) atoms. The minimum atomic E-state index is -0.299. The van der Waals surface area contributed by atoms with Crippen LogP contribution in [-0.2, 0) is 22.4 Å². The van der Waals surface area contributed by atoms with Crippen LogP contribution >= 0.6 is 0 Å². The van der Waals surface area contributed by atoms with Gasteiger partial charge in [0.05, 0.1) is 6.42 Å². The largest absolute Gasteiger partial charge is 0.355 e. The Morgan fingerprint density at radius 2 is 2.12 bits per heavy atom. The van der Waals surface area contributed by atoms with E-state index in [-0.39, 0.29) is 18.2 Å². The van der Waals surface area contributed by atoms with Gasteiger partial charge in [-0.25, -0.2) is 0 Å². The quantitative estimate of drug-likeness (QED) is 0.716. The molecule has 0 aliphatic heterocycles. The van der Waals surface area contributed by atoms with Crippen LogP contribution in [0.25, 0.3) is 0 Å². The average molecular weight is 339 g/mol. The number of nitrogens with zero attached hydrogens (tertiary/aromatic N) is 3. The number of anilines is 1. The van der Waals surface area contributed by atoms with Crippen LogP contribution in [0.1, 0.15) is 30.3 Å². The molecule has 1 heterocycles. The molecule has 0 unspecified atom stereocenters. The van der Waals surface area contributed by atoms with Gasteiger partial charge in [0.1, 0.15) is 12.2 Å². The van der Waals surface area contributed by atoms with Crippen molar-refractivity contribution >= 4 is 17.5 Å². The molecule has 1 aromatic heterocycles. The zero-order chi connectivity index (χ0) is 17.6.